The van der Waals surface area contributed by atoms with Crippen molar-refractivity contribution < 1.29 is 4.79 Å². The highest BCUT2D eigenvalue weighted by Crippen LogP contribution is 2.27. The third kappa shape index (κ3) is 4.87. The Morgan fingerprint density at radius 1 is 1.32 bits per heavy atom. The van der Waals surface area contributed by atoms with Crippen LogP contribution in [0.15, 0.2) is 29.3 Å². The van der Waals surface area contributed by atoms with Gasteiger partial charge in [0.1, 0.15) is 11.7 Å². The number of aliphatic imine (C=N–C) groups is 1. The summed E-state index contributed by atoms with van der Waals surface area (Å²) in [5, 5.41) is 4.66. The first-order valence-corrected chi connectivity index (χ1v) is 10.1. The molecule has 0 bridgehead atoms. The standard InChI is InChI=1S/C22H31N5O/c1-14(2)13-24-18-7-9-27(10-8-18)22-19(21(23)25-16(4)28)12-17-11-15(3)5-6-20(17)26-22/h5-6,11-12,14,18,24H,7-10,13H2,1-4H3,(H2,23,25,28). The summed E-state index contributed by atoms with van der Waals surface area (Å²) in [7, 11) is 0. The van der Waals surface area contributed by atoms with E-state index in [0.29, 0.717) is 12.0 Å². The minimum Gasteiger partial charge on any atom is -0.383 e. The lowest BCUT2D eigenvalue weighted by Crippen LogP contribution is -2.44. The maximum absolute atomic E-state index is 11.5. The number of nitrogens with one attached hydrogen (secondary N) is 1. The molecule has 6 nitrogen and oxygen atoms in total. The molecule has 2 aromatic rings. The van der Waals surface area contributed by atoms with Crippen LogP contribution in [0, 0.1) is 12.8 Å². The van der Waals surface area contributed by atoms with Crippen LogP contribution in [-0.2, 0) is 4.79 Å². The Hall–Kier alpha value is -2.47. The van der Waals surface area contributed by atoms with Crippen molar-refractivity contribution in [3.63, 3.8) is 0 Å². The Labute approximate surface area is 167 Å². The van der Waals surface area contributed by atoms with E-state index in [1.165, 1.54) is 6.92 Å². The minimum absolute atomic E-state index is 0.235. The number of carbonyl (C=O) groups excluding carboxylic acids is 1. The van der Waals surface area contributed by atoms with Crippen molar-refractivity contribution in [1.82, 2.24) is 10.3 Å². The van der Waals surface area contributed by atoms with Gasteiger partial charge in [0.2, 0.25) is 5.91 Å². The second kappa shape index (κ2) is 8.69. The van der Waals surface area contributed by atoms with Gasteiger partial charge in [0.05, 0.1) is 11.1 Å². The van der Waals surface area contributed by atoms with Crippen LogP contribution in [0.5, 0.6) is 0 Å². The minimum atomic E-state index is -0.301. The molecule has 1 aromatic carbocycles. The number of hydrogen-bond donors (Lipinski definition) is 2. The average Bonchev–Trinajstić information content (AvgIpc) is 2.65. The zero-order valence-electron chi connectivity index (χ0n) is 17.3. The van der Waals surface area contributed by atoms with Crippen LogP contribution in [0.1, 0.15) is 44.7 Å². The number of amidine groups is 1. The largest absolute Gasteiger partial charge is 0.383 e. The van der Waals surface area contributed by atoms with Gasteiger partial charge >= 0.3 is 0 Å². The molecule has 1 aromatic heterocycles. The lowest BCUT2D eigenvalue weighted by atomic mass is 10.0. The highest BCUT2D eigenvalue weighted by atomic mass is 16.1. The van der Waals surface area contributed by atoms with E-state index >= 15 is 0 Å². The summed E-state index contributed by atoms with van der Waals surface area (Å²) in [6, 6.07) is 8.73. The molecule has 0 atom stereocenters. The van der Waals surface area contributed by atoms with Gasteiger partial charge in [-0.05, 0) is 50.4 Å². The van der Waals surface area contributed by atoms with Crippen molar-refractivity contribution in [1.29, 1.82) is 0 Å². The summed E-state index contributed by atoms with van der Waals surface area (Å²) in [4.78, 5) is 22.6. The predicted octanol–water partition coefficient (Wildman–Crippen LogP) is 3.01. The number of carbonyl (C=O) groups is 1. The zero-order valence-corrected chi connectivity index (χ0v) is 17.3. The van der Waals surface area contributed by atoms with Crippen LogP contribution in [0.2, 0.25) is 0 Å². The van der Waals surface area contributed by atoms with E-state index in [-0.39, 0.29) is 11.7 Å². The van der Waals surface area contributed by atoms with E-state index in [1.54, 1.807) is 0 Å². The van der Waals surface area contributed by atoms with E-state index in [1.807, 2.05) is 12.1 Å². The van der Waals surface area contributed by atoms with Gasteiger partial charge in [0.25, 0.3) is 0 Å². The average molecular weight is 382 g/mol. The summed E-state index contributed by atoms with van der Waals surface area (Å²) in [5.74, 6) is 1.40. The number of anilines is 1. The van der Waals surface area contributed by atoms with E-state index < -0.39 is 0 Å². The number of aromatic nitrogens is 1. The van der Waals surface area contributed by atoms with Crippen LogP contribution < -0.4 is 16.0 Å². The van der Waals surface area contributed by atoms with Gasteiger partial charge in [-0.15, -0.1) is 0 Å². The normalized spacial score (nSPS) is 16.2. The number of fused-ring (bicyclic) bond motifs is 1. The fourth-order valence-electron chi connectivity index (χ4n) is 3.64. The number of nitrogens with two attached hydrogens (primary N) is 1. The van der Waals surface area contributed by atoms with E-state index in [2.05, 4.69) is 48.1 Å². The maximum atomic E-state index is 11.5. The van der Waals surface area contributed by atoms with Gasteiger partial charge in [-0.25, -0.2) is 4.98 Å². The number of pyridine rings is 1. The second-order valence-electron chi connectivity index (χ2n) is 8.14. The summed E-state index contributed by atoms with van der Waals surface area (Å²) >= 11 is 0. The Bertz CT molecular complexity index is 882. The Morgan fingerprint density at radius 3 is 2.68 bits per heavy atom. The first-order valence-electron chi connectivity index (χ1n) is 10.1. The third-order valence-electron chi connectivity index (χ3n) is 5.11. The van der Waals surface area contributed by atoms with Gasteiger partial charge in [0.15, 0.2) is 0 Å². The summed E-state index contributed by atoms with van der Waals surface area (Å²) in [6.45, 7) is 10.8. The molecule has 6 heteroatoms. The molecule has 2 heterocycles. The van der Waals surface area contributed by atoms with Crippen LogP contribution >= 0.6 is 0 Å². The van der Waals surface area contributed by atoms with Gasteiger partial charge in [-0.2, -0.15) is 4.99 Å². The first kappa shape index (κ1) is 20.3. The number of nitrogens with zero attached hydrogens (tertiary/aromatic N) is 3. The lowest BCUT2D eigenvalue weighted by molar-refractivity contribution is -0.115. The monoisotopic (exact) mass is 381 g/mol. The highest BCUT2D eigenvalue weighted by molar-refractivity contribution is 6.08. The summed E-state index contributed by atoms with van der Waals surface area (Å²) in [6.07, 6.45) is 2.12. The molecular formula is C22H31N5O. The van der Waals surface area contributed by atoms with Crippen LogP contribution in [0.4, 0.5) is 5.82 Å². The molecule has 1 aliphatic heterocycles. The molecule has 150 valence electrons. The van der Waals surface area contributed by atoms with Crippen LogP contribution in [0.25, 0.3) is 10.9 Å². The highest BCUT2D eigenvalue weighted by Gasteiger charge is 2.23. The SMILES string of the molecule is CC(=O)N=C(N)c1cc2cc(C)ccc2nc1N1CCC(NCC(C)C)CC1. The fourth-order valence-corrected chi connectivity index (χ4v) is 3.64. The number of piperidine rings is 1. The fraction of sp³-hybridized carbons (Fsp3) is 0.500. The molecule has 0 unspecified atom stereocenters. The lowest BCUT2D eigenvalue weighted by Gasteiger charge is -2.34. The third-order valence-corrected chi connectivity index (χ3v) is 5.11. The van der Waals surface area contributed by atoms with Crippen molar-refractivity contribution in [3.8, 4) is 0 Å². The topological polar surface area (TPSA) is 83.6 Å². The van der Waals surface area contributed by atoms with Crippen molar-refractivity contribution in [2.75, 3.05) is 24.5 Å². The van der Waals surface area contributed by atoms with Gasteiger partial charge in [-0.3, -0.25) is 4.79 Å². The molecule has 1 saturated heterocycles. The zero-order chi connectivity index (χ0) is 20.3. The molecule has 28 heavy (non-hydrogen) atoms. The molecule has 0 spiro atoms. The molecule has 0 aliphatic carbocycles. The van der Waals surface area contributed by atoms with Crippen molar-refractivity contribution in [2.24, 2.45) is 16.6 Å². The van der Waals surface area contributed by atoms with Gasteiger partial charge in [0, 0.05) is 31.4 Å². The number of benzene rings is 1. The molecule has 1 amide bonds. The molecule has 1 aliphatic rings. The number of rotatable bonds is 5. The number of aryl methyl sites for hydroxylation is 1. The molecule has 1 fully saturated rings. The summed E-state index contributed by atoms with van der Waals surface area (Å²) in [5.41, 5.74) is 9.02. The van der Waals surface area contributed by atoms with Crippen LogP contribution in [-0.4, -0.2) is 42.4 Å². The van der Waals surface area contributed by atoms with Crippen molar-refractivity contribution in [2.45, 2.75) is 46.6 Å². The predicted molar refractivity (Wildman–Crippen MR) is 116 cm³/mol. The van der Waals surface area contributed by atoms with Gasteiger partial charge in [-0.1, -0.05) is 25.5 Å². The molecule has 3 rings (SSSR count). The maximum Gasteiger partial charge on any atom is 0.244 e. The second-order valence-corrected chi connectivity index (χ2v) is 8.14. The number of amides is 1. The molecule has 0 radical (unpaired) electrons. The Kier molecular flexibility index (Phi) is 6.29. The first-order chi connectivity index (χ1) is 13.3. The van der Waals surface area contributed by atoms with Gasteiger partial charge < -0.3 is 16.0 Å². The molecular weight excluding hydrogens is 350 g/mol. The quantitative estimate of drug-likeness (QED) is 0.614. The van der Waals surface area contributed by atoms with Crippen molar-refractivity contribution in [3.05, 3.63) is 35.4 Å². The van der Waals surface area contributed by atoms with Crippen LogP contribution in [0.3, 0.4) is 0 Å². The van der Waals surface area contributed by atoms with Crippen molar-refractivity contribution >= 4 is 28.5 Å². The summed E-state index contributed by atoms with van der Waals surface area (Å²) < 4.78 is 0. The Balaban J connectivity index is 1.91. The van der Waals surface area contributed by atoms with E-state index in [0.717, 1.165) is 60.3 Å². The smallest absolute Gasteiger partial charge is 0.244 e. The molecule has 3 N–H and O–H groups in total. The Morgan fingerprint density at radius 2 is 2.04 bits per heavy atom. The van der Waals surface area contributed by atoms with E-state index in [4.69, 9.17) is 10.7 Å². The molecule has 0 saturated carbocycles. The van der Waals surface area contributed by atoms with E-state index in [9.17, 15) is 4.79 Å². The number of hydrogen-bond acceptors (Lipinski definition) is 4.